The summed E-state index contributed by atoms with van der Waals surface area (Å²) in [4.78, 5) is 11.8. The first-order valence-corrected chi connectivity index (χ1v) is 7.45. The lowest BCUT2D eigenvalue weighted by atomic mass is 10.1. The summed E-state index contributed by atoms with van der Waals surface area (Å²) in [6.07, 6.45) is 3.47. The van der Waals surface area contributed by atoms with Crippen molar-refractivity contribution in [1.82, 2.24) is 9.88 Å². The third-order valence-corrected chi connectivity index (χ3v) is 3.51. The van der Waals surface area contributed by atoms with Crippen LogP contribution in [0.15, 0.2) is 73.1 Å². The van der Waals surface area contributed by atoms with Crippen LogP contribution in [0, 0.1) is 6.92 Å². The van der Waals surface area contributed by atoms with Crippen molar-refractivity contribution in [3.63, 3.8) is 0 Å². The Labute approximate surface area is 135 Å². The molecule has 23 heavy (non-hydrogen) atoms. The fraction of sp³-hybridized carbons (Fsp3) is 0.105. The van der Waals surface area contributed by atoms with E-state index in [9.17, 15) is 4.79 Å². The Morgan fingerprint density at radius 3 is 2.30 bits per heavy atom. The summed E-state index contributed by atoms with van der Waals surface area (Å²) in [6, 6.07) is 19.3. The van der Waals surface area contributed by atoms with Gasteiger partial charge < -0.3 is 14.6 Å². The minimum Gasteiger partial charge on any atom is -0.410 e. The Morgan fingerprint density at radius 2 is 1.65 bits per heavy atom. The number of ether oxygens (including phenoxy) is 1. The molecular formula is C19H18N2O2. The van der Waals surface area contributed by atoms with Crippen LogP contribution in [-0.4, -0.2) is 10.7 Å². The van der Waals surface area contributed by atoms with Gasteiger partial charge in [-0.2, -0.15) is 0 Å². The summed E-state index contributed by atoms with van der Waals surface area (Å²) < 4.78 is 7.26. The lowest BCUT2D eigenvalue weighted by Gasteiger charge is -2.08. The molecule has 116 valence electrons. The van der Waals surface area contributed by atoms with Crippen LogP contribution in [0.3, 0.4) is 0 Å². The molecule has 0 aliphatic heterocycles. The van der Waals surface area contributed by atoms with E-state index < -0.39 is 6.09 Å². The van der Waals surface area contributed by atoms with Crippen molar-refractivity contribution in [1.29, 1.82) is 0 Å². The van der Waals surface area contributed by atoms with E-state index in [1.165, 1.54) is 5.56 Å². The molecule has 0 spiro atoms. The normalized spacial score (nSPS) is 10.3. The molecule has 0 fully saturated rings. The fourth-order valence-corrected chi connectivity index (χ4v) is 2.22. The molecule has 1 amide bonds. The predicted octanol–water partition coefficient (Wildman–Crippen LogP) is 4.07. The van der Waals surface area contributed by atoms with Gasteiger partial charge in [0.05, 0.1) is 0 Å². The highest BCUT2D eigenvalue weighted by Crippen LogP contribution is 2.15. The molecule has 1 N–H and O–H groups in total. The van der Waals surface area contributed by atoms with Gasteiger partial charge >= 0.3 is 6.09 Å². The Kier molecular flexibility index (Phi) is 4.43. The highest BCUT2D eigenvalue weighted by molar-refractivity contribution is 5.70. The van der Waals surface area contributed by atoms with Gasteiger partial charge in [-0.15, -0.1) is 0 Å². The van der Waals surface area contributed by atoms with E-state index in [0.717, 1.165) is 11.3 Å². The molecule has 2 aromatic carbocycles. The molecule has 0 saturated heterocycles. The zero-order valence-electron chi connectivity index (χ0n) is 12.9. The second kappa shape index (κ2) is 6.83. The summed E-state index contributed by atoms with van der Waals surface area (Å²) in [5, 5.41) is 2.74. The van der Waals surface area contributed by atoms with E-state index in [1.54, 1.807) is 12.1 Å². The number of nitrogens with zero attached hydrogens (tertiary/aromatic N) is 1. The maximum atomic E-state index is 11.8. The number of carbonyl (C=O) groups is 1. The van der Waals surface area contributed by atoms with Crippen molar-refractivity contribution in [3.05, 3.63) is 84.2 Å². The average Bonchev–Trinajstić information content (AvgIpc) is 3.09. The average molecular weight is 306 g/mol. The molecule has 0 atom stereocenters. The van der Waals surface area contributed by atoms with Gasteiger partial charge in [-0.05, 0) is 48.9 Å². The third kappa shape index (κ3) is 4.01. The zero-order chi connectivity index (χ0) is 16.1. The van der Waals surface area contributed by atoms with Gasteiger partial charge in [0.15, 0.2) is 0 Å². The maximum absolute atomic E-state index is 11.8. The molecule has 0 saturated carbocycles. The number of amides is 1. The Balaban J connectivity index is 1.54. The summed E-state index contributed by atoms with van der Waals surface area (Å²) >= 11 is 0. The second-order valence-corrected chi connectivity index (χ2v) is 5.31. The monoisotopic (exact) mass is 306 g/mol. The van der Waals surface area contributed by atoms with Crippen LogP contribution in [0.2, 0.25) is 0 Å². The molecule has 1 heterocycles. The number of aryl methyl sites for hydroxylation is 1. The van der Waals surface area contributed by atoms with Crippen molar-refractivity contribution in [2.24, 2.45) is 0 Å². The molecule has 3 aromatic rings. The first-order chi connectivity index (χ1) is 11.2. The largest absolute Gasteiger partial charge is 0.412 e. The standard InChI is InChI=1S/C19H18N2O2/c1-15-4-6-16(7-5-15)14-20-19(22)23-18-10-8-17(9-11-18)21-12-2-3-13-21/h2-13H,14H2,1H3,(H,20,22). The molecule has 0 bridgehead atoms. The van der Waals surface area contributed by atoms with Gasteiger partial charge in [0, 0.05) is 24.6 Å². The highest BCUT2D eigenvalue weighted by Gasteiger charge is 2.04. The van der Waals surface area contributed by atoms with E-state index in [2.05, 4.69) is 5.32 Å². The topological polar surface area (TPSA) is 43.3 Å². The van der Waals surface area contributed by atoms with Gasteiger partial charge in [-0.1, -0.05) is 29.8 Å². The number of nitrogens with one attached hydrogen (secondary N) is 1. The van der Waals surface area contributed by atoms with Crippen LogP contribution < -0.4 is 10.1 Å². The number of carbonyl (C=O) groups excluding carboxylic acids is 1. The lowest BCUT2D eigenvalue weighted by molar-refractivity contribution is 0.200. The van der Waals surface area contributed by atoms with Gasteiger partial charge in [0.1, 0.15) is 5.75 Å². The molecule has 4 heteroatoms. The van der Waals surface area contributed by atoms with Crippen molar-refractivity contribution >= 4 is 6.09 Å². The SMILES string of the molecule is Cc1ccc(CNC(=O)Oc2ccc(-n3cccc3)cc2)cc1. The predicted molar refractivity (Wildman–Crippen MR) is 89.8 cm³/mol. The van der Waals surface area contributed by atoms with Gasteiger partial charge in [-0.25, -0.2) is 4.79 Å². The summed E-state index contributed by atoms with van der Waals surface area (Å²) in [7, 11) is 0. The highest BCUT2D eigenvalue weighted by atomic mass is 16.6. The van der Waals surface area contributed by atoms with Crippen LogP contribution >= 0.6 is 0 Å². The zero-order valence-corrected chi connectivity index (χ0v) is 12.9. The first kappa shape index (κ1) is 14.9. The molecule has 3 rings (SSSR count). The van der Waals surface area contributed by atoms with E-state index in [0.29, 0.717) is 12.3 Å². The van der Waals surface area contributed by atoms with Gasteiger partial charge in [0.25, 0.3) is 0 Å². The fourth-order valence-electron chi connectivity index (χ4n) is 2.22. The number of hydrogen-bond acceptors (Lipinski definition) is 2. The maximum Gasteiger partial charge on any atom is 0.412 e. The molecule has 0 aliphatic carbocycles. The van der Waals surface area contributed by atoms with E-state index in [-0.39, 0.29) is 0 Å². The van der Waals surface area contributed by atoms with Crippen LogP contribution in [0.5, 0.6) is 5.75 Å². The van der Waals surface area contributed by atoms with E-state index in [4.69, 9.17) is 4.74 Å². The summed E-state index contributed by atoms with van der Waals surface area (Å²) in [5.41, 5.74) is 3.25. The lowest BCUT2D eigenvalue weighted by Crippen LogP contribution is -2.26. The minimum absolute atomic E-state index is 0.445. The molecule has 0 unspecified atom stereocenters. The van der Waals surface area contributed by atoms with E-state index >= 15 is 0 Å². The van der Waals surface area contributed by atoms with Crippen LogP contribution in [0.25, 0.3) is 5.69 Å². The Hall–Kier alpha value is -3.01. The number of benzene rings is 2. The smallest absolute Gasteiger partial charge is 0.410 e. The van der Waals surface area contributed by atoms with Gasteiger partial charge in [-0.3, -0.25) is 0 Å². The molecule has 1 aromatic heterocycles. The van der Waals surface area contributed by atoms with Gasteiger partial charge in [0.2, 0.25) is 0 Å². The number of aromatic nitrogens is 1. The molecule has 4 nitrogen and oxygen atoms in total. The van der Waals surface area contributed by atoms with Crippen molar-refractivity contribution in [3.8, 4) is 11.4 Å². The molecule has 0 radical (unpaired) electrons. The summed E-state index contributed by atoms with van der Waals surface area (Å²) in [5.74, 6) is 0.516. The van der Waals surface area contributed by atoms with Crippen LogP contribution in [-0.2, 0) is 6.54 Å². The summed E-state index contributed by atoms with van der Waals surface area (Å²) in [6.45, 7) is 2.48. The van der Waals surface area contributed by atoms with Crippen molar-refractivity contribution in [2.75, 3.05) is 0 Å². The molecular weight excluding hydrogens is 288 g/mol. The third-order valence-electron chi connectivity index (χ3n) is 3.51. The Bertz CT molecular complexity index is 760. The number of rotatable bonds is 4. The second-order valence-electron chi connectivity index (χ2n) is 5.31. The minimum atomic E-state index is -0.459. The molecule has 0 aliphatic rings. The quantitative estimate of drug-likeness (QED) is 0.789. The van der Waals surface area contributed by atoms with E-state index in [1.807, 2.05) is 72.4 Å². The Morgan fingerprint density at radius 1 is 1.00 bits per heavy atom. The van der Waals surface area contributed by atoms with Crippen LogP contribution in [0.1, 0.15) is 11.1 Å². The number of hydrogen-bond donors (Lipinski definition) is 1. The van der Waals surface area contributed by atoms with Crippen LogP contribution in [0.4, 0.5) is 4.79 Å². The first-order valence-electron chi connectivity index (χ1n) is 7.45. The van der Waals surface area contributed by atoms with Crippen molar-refractivity contribution < 1.29 is 9.53 Å². The van der Waals surface area contributed by atoms with Crippen molar-refractivity contribution in [2.45, 2.75) is 13.5 Å².